The molecule has 4 heteroatoms. The molecule has 8 aromatic rings. The van der Waals surface area contributed by atoms with Gasteiger partial charge in [-0.2, -0.15) is 0 Å². The average molecular weight is 630 g/mol. The number of fused-ring (bicyclic) bond motifs is 12. The maximum Gasteiger partial charge on any atom is 0.230 e. The highest BCUT2D eigenvalue weighted by atomic mass is 16.3. The Balaban J connectivity index is 1.24. The summed E-state index contributed by atoms with van der Waals surface area (Å²) in [5.41, 5.74) is 11.3. The summed E-state index contributed by atoms with van der Waals surface area (Å²) in [6, 6.07) is 41.6. The number of hydrogen-bond donors (Lipinski definition) is 0. The molecule has 6 aromatic carbocycles. The van der Waals surface area contributed by atoms with E-state index in [1.165, 1.54) is 38.6 Å². The van der Waals surface area contributed by atoms with Crippen LogP contribution in [0.4, 0.5) is 0 Å². The predicted octanol–water partition coefficient (Wildman–Crippen LogP) is 11.3. The number of hydrogen-bond acceptors (Lipinski definition) is 3. The standard InChI is InChI=1S/C45H31N3O/c1-45(2)35-16-8-5-13-29(35)33-24-34-39(25-36(33)45)48(38-22-21-31-30-14-7-10-18-40(30)49-43(31)41(34)38)44-46-37-17-9-6-15-32(37)42(47-44)28-20-19-26-11-3-4-12-27(26)23-28/h3-25,32,42H,1-2H3. The van der Waals surface area contributed by atoms with E-state index in [1.807, 2.05) is 6.07 Å². The lowest BCUT2D eigenvalue weighted by atomic mass is 9.82. The Labute approximate surface area is 283 Å². The summed E-state index contributed by atoms with van der Waals surface area (Å²) >= 11 is 0. The molecule has 3 heterocycles. The molecule has 2 aliphatic carbocycles. The topological polar surface area (TPSA) is 42.8 Å². The minimum absolute atomic E-state index is 0.0581. The van der Waals surface area contributed by atoms with Crippen LogP contribution in [0.2, 0.25) is 0 Å². The van der Waals surface area contributed by atoms with Gasteiger partial charge in [0, 0.05) is 27.5 Å². The normalized spacial score (nSPS) is 19.1. The van der Waals surface area contributed by atoms with E-state index < -0.39 is 0 Å². The lowest BCUT2D eigenvalue weighted by Gasteiger charge is -2.29. The van der Waals surface area contributed by atoms with E-state index in [0.29, 0.717) is 5.96 Å². The number of aliphatic imine (C=N–C) groups is 2. The Kier molecular flexibility index (Phi) is 5.26. The number of nitrogens with zero attached hydrogens (tertiary/aromatic N) is 3. The van der Waals surface area contributed by atoms with E-state index >= 15 is 0 Å². The Hall–Kier alpha value is -6.00. The molecule has 0 saturated carbocycles. The Morgan fingerprint density at radius 2 is 1.51 bits per heavy atom. The van der Waals surface area contributed by atoms with Gasteiger partial charge in [-0.15, -0.1) is 0 Å². The van der Waals surface area contributed by atoms with Gasteiger partial charge in [0.2, 0.25) is 5.96 Å². The molecule has 0 N–H and O–H groups in total. The second kappa shape index (κ2) is 9.55. The van der Waals surface area contributed by atoms with Crippen molar-refractivity contribution in [2.45, 2.75) is 25.3 Å². The van der Waals surface area contributed by atoms with E-state index in [4.69, 9.17) is 14.4 Å². The van der Waals surface area contributed by atoms with Gasteiger partial charge in [-0.1, -0.05) is 111 Å². The van der Waals surface area contributed by atoms with Crippen molar-refractivity contribution in [1.82, 2.24) is 4.57 Å². The first-order valence-corrected chi connectivity index (χ1v) is 17.1. The number of allylic oxidation sites excluding steroid dienone is 3. The summed E-state index contributed by atoms with van der Waals surface area (Å²) in [5.74, 6) is 0.760. The summed E-state index contributed by atoms with van der Waals surface area (Å²) in [4.78, 5) is 10.9. The molecule has 2 unspecified atom stereocenters. The lowest BCUT2D eigenvalue weighted by molar-refractivity contribution is 0.636. The fourth-order valence-electron chi connectivity index (χ4n) is 8.75. The first-order chi connectivity index (χ1) is 24.0. The Morgan fingerprint density at radius 1 is 0.673 bits per heavy atom. The summed E-state index contributed by atoms with van der Waals surface area (Å²) in [5, 5.41) is 6.94. The second-order valence-corrected chi connectivity index (χ2v) is 14.1. The van der Waals surface area contributed by atoms with Crippen molar-refractivity contribution in [3.8, 4) is 11.1 Å². The van der Waals surface area contributed by atoms with Crippen molar-refractivity contribution >= 4 is 66.2 Å². The first kappa shape index (κ1) is 27.0. The molecular weight excluding hydrogens is 599 g/mol. The van der Waals surface area contributed by atoms with Crippen LogP contribution in [0.25, 0.3) is 65.6 Å². The van der Waals surface area contributed by atoms with Crippen LogP contribution in [0.1, 0.15) is 36.6 Å². The lowest BCUT2D eigenvalue weighted by Crippen LogP contribution is -2.28. The van der Waals surface area contributed by atoms with Gasteiger partial charge < -0.3 is 4.42 Å². The zero-order valence-electron chi connectivity index (χ0n) is 27.2. The van der Waals surface area contributed by atoms with Gasteiger partial charge in [0.1, 0.15) is 11.2 Å². The minimum atomic E-state index is -0.147. The van der Waals surface area contributed by atoms with Crippen molar-refractivity contribution < 1.29 is 4.42 Å². The molecule has 0 saturated heterocycles. The van der Waals surface area contributed by atoms with Crippen LogP contribution >= 0.6 is 0 Å². The fraction of sp³-hybridized carbons (Fsp3) is 0.111. The van der Waals surface area contributed by atoms with E-state index in [1.54, 1.807) is 0 Å². The summed E-state index contributed by atoms with van der Waals surface area (Å²) in [6.07, 6.45) is 8.61. The van der Waals surface area contributed by atoms with E-state index in [9.17, 15) is 0 Å². The molecule has 0 spiro atoms. The predicted molar refractivity (Wildman–Crippen MR) is 203 cm³/mol. The molecule has 4 nitrogen and oxygen atoms in total. The number of rotatable bonds is 1. The molecular formula is C45H31N3O. The molecule has 1 aliphatic heterocycles. The number of aromatic nitrogens is 1. The maximum absolute atomic E-state index is 6.71. The van der Waals surface area contributed by atoms with Crippen molar-refractivity contribution in [2.24, 2.45) is 15.9 Å². The number of furan rings is 1. The van der Waals surface area contributed by atoms with Crippen LogP contribution in [0.5, 0.6) is 0 Å². The van der Waals surface area contributed by atoms with E-state index in [0.717, 1.165) is 49.5 Å². The van der Waals surface area contributed by atoms with E-state index in [-0.39, 0.29) is 17.4 Å². The molecule has 0 fully saturated rings. The minimum Gasteiger partial charge on any atom is -0.455 e. The summed E-state index contributed by atoms with van der Waals surface area (Å²) in [6.45, 7) is 4.68. The summed E-state index contributed by atoms with van der Waals surface area (Å²) in [7, 11) is 0. The second-order valence-electron chi connectivity index (χ2n) is 14.1. The van der Waals surface area contributed by atoms with Crippen LogP contribution in [0.15, 0.2) is 154 Å². The Bertz CT molecular complexity index is 2870. The molecule has 0 amide bonds. The van der Waals surface area contributed by atoms with Crippen molar-refractivity contribution in [3.63, 3.8) is 0 Å². The van der Waals surface area contributed by atoms with Crippen LogP contribution < -0.4 is 0 Å². The van der Waals surface area contributed by atoms with Crippen molar-refractivity contribution in [2.75, 3.05) is 0 Å². The quantitative estimate of drug-likeness (QED) is 0.178. The van der Waals surface area contributed by atoms with Crippen LogP contribution in [0, 0.1) is 5.92 Å². The first-order valence-electron chi connectivity index (χ1n) is 17.1. The van der Waals surface area contributed by atoms with Gasteiger partial charge in [0.05, 0.1) is 28.2 Å². The van der Waals surface area contributed by atoms with Gasteiger partial charge in [-0.25, -0.2) is 9.98 Å². The van der Waals surface area contributed by atoms with Gasteiger partial charge in [0.15, 0.2) is 0 Å². The van der Waals surface area contributed by atoms with E-state index in [2.05, 4.69) is 152 Å². The van der Waals surface area contributed by atoms with Crippen LogP contribution in [0.3, 0.4) is 0 Å². The number of benzene rings is 6. The maximum atomic E-state index is 6.71. The smallest absolute Gasteiger partial charge is 0.230 e. The highest BCUT2D eigenvalue weighted by molar-refractivity contribution is 6.27. The van der Waals surface area contributed by atoms with Gasteiger partial charge >= 0.3 is 0 Å². The highest BCUT2D eigenvalue weighted by Crippen LogP contribution is 2.51. The molecule has 2 aromatic heterocycles. The van der Waals surface area contributed by atoms with Gasteiger partial charge in [-0.3, -0.25) is 4.57 Å². The third-order valence-corrected chi connectivity index (χ3v) is 11.2. The molecule has 232 valence electrons. The third kappa shape index (κ3) is 3.63. The zero-order chi connectivity index (χ0) is 32.4. The van der Waals surface area contributed by atoms with Crippen LogP contribution in [-0.2, 0) is 5.41 Å². The monoisotopic (exact) mass is 629 g/mol. The van der Waals surface area contributed by atoms with Crippen molar-refractivity contribution in [3.05, 3.63) is 156 Å². The Morgan fingerprint density at radius 3 is 2.45 bits per heavy atom. The highest BCUT2D eigenvalue weighted by Gasteiger charge is 2.37. The largest absolute Gasteiger partial charge is 0.455 e. The molecule has 2 atom stereocenters. The van der Waals surface area contributed by atoms with Gasteiger partial charge in [-0.05, 0) is 81.1 Å². The van der Waals surface area contributed by atoms with Crippen molar-refractivity contribution in [1.29, 1.82) is 0 Å². The fourth-order valence-corrected chi connectivity index (χ4v) is 8.75. The molecule has 0 bridgehead atoms. The molecule has 0 radical (unpaired) electrons. The molecule has 11 rings (SSSR count). The SMILES string of the molecule is CC1(C)c2ccccc2-c2cc3c4c5oc6ccccc6c5ccc4n(C4=NC(c5ccc6ccccc6c5)C5C=CC=CC5=N4)c3cc21. The zero-order valence-corrected chi connectivity index (χ0v) is 27.2. The molecule has 3 aliphatic rings. The average Bonchev–Trinajstić information content (AvgIpc) is 3.75. The van der Waals surface area contributed by atoms with Gasteiger partial charge in [0.25, 0.3) is 0 Å². The number of para-hydroxylation sites is 1. The van der Waals surface area contributed by atoms with Crippen LogP contribution in [-0.4, -0.2) is 16.2 Å². The third-order valence-electron chi connectivity index (χ3n) is 11.2. The summed E-state index contributed by atoms with van der Waals surface area (Å²) < 4.78 is 9.00. The molecule has 49 heavy (non-hydrogen) atoms.